The van der Waals surface area contributed by atoms with Gasteiger partial charge in [-0.3, -0.25) is 0 Å². The fourth-order valence-electron chi connectivity index (χ4n) is 2.48. The van der Waals surface area contributed by atoms with E-state index in [0.717, 1.165) is 11.1 Å². The molecule has 0 bridgehead atoms. The summed E-state index contributed by atoms with van der Waals surface area (Å²) in [6.07, 6.45) is 0.668. The molecule has 7 nitrogen and oxygen atoms in total. The van der Waals surface area contributed by atoms with Gasteiger partial charge in [-0.15, -0.1) is 0 Å². The lowest BCUT2D eigenvalue weighted by molar-refractivity contribution is 0.0600. The Bertz CT molecular complexity index is 774. The molecule has 0 aromatic heterocycles. The van der Waals surface area contributed by atoms with Crippen LogP contribution in [0.2, 0.25) is 0 Å². The second-order valence-corrected chi connectivity index (χ2v) is 5.74. The third-order valence-corrected chi connectivity index (χ3v) is 3.98. The molecule has 27 heavy (non-hydrogen) atoms. The Kier molecular flexibility index (Phi) is 7.49. The first kappa shape index (κ1) is 20.1. The fraction of sp³-hybridized carbons (Fsp3) is 0.300. The van der Waals surface area contributed by atoms with E-state index in [1.807, 2.05) is 18.2 Å². The van der Waals surface area contributed by atoms with E-state index in [9.17, 15) is 9.59 Å². The summed E-state index contributed by atoms with van der Waals surface area (Å²) in [5, 5.41) is 5.59. The molecule has 0 radical (unpaired) electrons. The van der Waals surface area contributed by atoms with Crippen LogP contribution in [0.4, 0.5) is 4.79 Å². The second-order valence-electron chi connectivity index (χ2n) is 5.74. The zero-order valence-electron chi connectivity index (χ0n) is 15.7. The molecular weight excluding hydrogens is 348 g/mol. The summed E-state index contributed by atoms with van der Waals surface area (Å²) < 4.78 is 15.1. The van der Waals surface area contributed by atoms with Gasteiger partial charge in [0.15, 0.2) is 11.5 Å². The van der Waals surface area contributed by atoms with Crippen molar-refractivity contribution in [1.29, 1.82) is 0 Å². The lowest BCUT2D eigenvalue weighted by atomic mass is 10.1. The van der Waals surface area contributed by atoms with E-state index in [4.69, 9.17) is 9.47 Å². The second kappa shape index (κ2) is 10.1. The number of methoxy groups -OCH3 is 3. The molecule has 7 heteroatoms. The molecule has 2 aromatic rings. The summed E-state index contributed by atoms with van der Waals surface area (Å²) in [7, 11) is 4.52. The molecule has 2 amide bonds. The average Bonchev–Trinajstić information content (AvgIpc) is 2.71. The van der Waals surface area contributed by atoms with Crippen LogP contribution in [0.3, 0.4) is 0 Å². The maximum absolute atomic E-state index is 11.9. The zero-order valence-corrected chi connectivity index (χ0v) is 15.7. The normalized spacial score (nSPS) is 10.0. The van der Waals surface area contributed by atoms with E-state index < -0.39 is 0 Å². The number of carbonyl (C=O) groups excluding carboxylic acids is 2. The molecule has 0 atom stereocenters. The number of nitrogens with one attached hydrogen (secondary N) is 2. The zero-order chi connectivity index (χ0) is 19.6. The maximum Gasteiger partial charge on any atom is 0.337 e. The van der Waals surface area contributed by atoms with Gasteiger partial charge >= 0.3 is 12.0 Å². The molecule has 0 aliphatic carbocycles. The van der Waals surface area contributed by atoms with Crippen LogP contribution in [-0.4, -0.2) is 39.9 Å². The van der Waals surface area contributed by atoms with Gasteiger partial charge in [0.2, 0.25) is 0 Å². The fourth-order valence-corrected chi connectivity index (χ4v) is 2.48. The lowest BCUT2D eigenvalue weighted by Crippen LogP contribution is -2.36. The van der Waals surface area contributed by atoms with Crippen molar-refractivity contribution in [3.63, 3.8) is 0 Å². The number of esters is 1. The summed E-state index contributed by atoms with van der Waals surface area (Å²) in [4.78, 5) is 23.3. The van der Waals surface area contributed by atoms with E-state index in [1.165, 1.54) is 7.11 Å². The molecule has 2 rings (SSSR count). The van der Waals surface area contributed by atoms with Crippen molar-refractivity contribution < 1.29 is 23.8 Å². The Hall–Kier alpha value is -3.22. The van der Waals surface area contributed by atoms with Gasteiger partial charge in [-0.2, -0.15) is 0 Å². The Morgan fingerprint density at radius 3 is 2.15 bits per heavy atom. The quantitative estimate of drug-likeness (QED) is 0.696. The van der Waals surface area contributed by atoms with E-state index in [0.29, 0.717) is 36.6 Å². The van der Waals surface area contributed by atoms with Gasteiger partial charge in [-0.1, -0.05) is 18.2 Å². The Morgan fingerprint density at radius 2 is 1.52 bits per heavy atom. The molecule has 2 aromatic carbocycles. The Labute approximate surface area is 158 Å². The molecule has 0 saturated heterocycles. The Morgan fingerprint density at radius 1 is 0.852 bits per heavy atom. The minimum Gasteiger partial charge on any atom is -0.493 e. The van der Waals surface area contributed by atoms with Gasteiger partial charge in [0.1, 0.15) is 0 Å². The highest BCUT2D eigenvalue weighted by molar-refractivity contribution is 5.89. The number of hydrogen-bond donors (Lipinski definition) is 2. The maximum atomic E-state index is 11.9. The van der Waals surface area contributed by atoms with Gasteiger partial charge in [-0.05, 0) is 41.8 Å². The van der Waals surface area contributed by atoms with Gasteiger partial charge < -0.3 is 24.8 Å². The monoisotopic (exact) mass is 372 g/mol. The van der Waals surface area contributed by atoms with Crippen LogP contribution in [0.25, 0.3) is 0 Å². The van der Waals surface area contributed by atoms with E-state index >= 15 is 0 Å². The minimum absolute atomic E-state index is 0.257. The van der Waals surface area contributed by atoms with Gasteiger partial charge in [0, 0.05) is 13.1 Å². The standard InChI is InChI=1S/C20H24N2O5/c1-25-17-9-6-14(12-18(17)26-2)10-11-21-20(24)22-13-15-4-7-16(8-5-15)19(23)27-3/h4-9,12H,10-11,13H2,1-3H3,(H2,21,22,24). The van der Waals surface area contributed by atoms with E-state index in [-0.39, 0.29) is 12.0 Å². The highest BCUT2D eigenvalue weighted by Crippen LogP contribution is 2.27. The van der Waals surface area contributed by atoms with Crippen molar-refractivity contribution in [1.82, 2.24) is 10.6 Å². The van der Waals surface area contributed by atoms with E-state index in [2.05, 4.69) is 15.4 Å². The van der Waals surface area contributed by atoms with Crippen molar-refractivity contribution in [3.8, 4) is 11.5 Å². The van der Waals surface area contributed by atoms with Gasteiger partial charge in [0.25, 0.3) is 0 Å². The van der Waals surface area contributed by atoms with Crippen LogP contribution in [0.15, 0.2) is 42.5 Å². The van der Waals surface area contributed by atoms with Crippen LogP contribution < -0.4 is 20.1 Å². The number of benzene rings is 2. The summed E-state index contributed by atoms with van der Waals surface area (Å²) in [5.41, 5.74) is 2.39. The third kappa shape index (κ3) is 5.91. The smallest absolute Gasteiger partial charge is 0.337 e. The number of hydrogen-bond acceptors (Lipinski definition) is 5. The number of urea groups is 1. The van der Waals surface area contributed by atoms with Crippen molar-refractivity contribution >= 4 is 12.0 Å². The Balaban J connectivity index is 1.75. The molecule has 0 saturated carbocycles. The van der Waals surface area contributed by atoms with Crippen molar-refractivity contribution in [3.05, 3.63) is 59.2 Å². The lowest BCUT2D eigenvalue weighted by Gasteiger charge is -2.11. The average molecular weight is 372 g/mol. The SMILES string of the molecule is COC(=O)c1ccc(CNC(=O)NCCc2ccc(OC)c(OC)c2)cc1. The number of ether oxygens (including phenoxy) is 3. The molecular formula is C20H24N2O5. The first-order valence-corrected chi connectivity index (χ1v) is 8.47. The largest absolute Gasteiger partial charge is 0.493 e. The summed E-state index contributed by atoms with van der Waals surface area (Å²) >= 11 is 0. The molecule has 0 unspecified atom stereocenters. The molecule has 0 aliphatic rings. The topological polar surface area (TPSA) is 85.9 Å². The summed E-state index contributed by atoms with van der Waals surface area (Å²) in [6.45, 7) is 0.853. The van der Waals surface area contributed by atoms with Crippen LogP contribution in [0.1, 0.15) is 21.5 Å². The summed E-state index contributed by atoms with van der Waals surface area (Å²) in [6, 6.07) is 12.3. The number of rotatable bonds is 8. The van der Waals surface area contributed by atoms with Crippen LogP contribution >= 0.6 is 0 Å². The highest BCUT2D eigenvalue weighted by Gasteiger charge is 2.07. The van der Waals surface area contributed by atoms with Crippen LogP contribution in [0, 0.1) is 0 Å². The first-order valence-electron chi connectivity index (χ1n) is 8.47. The molecule has 2 N–H and O–H groups in total. The predicted octanol–water partition coefficient (Wildman–Crippen LogP) is 2.53. The summed E-state index contributed by atoms with van der Waals surface area (Å²) in [5.74, 6) is 0.947. The molecule has 144 valence electrons. The van der Waals surface area contributed by atoms with Gasteiger partial charge in [0.05, 0.1) is 26.9 Å². The van der Waals surface area contributed by atoms with Crippen molar-refractivity contribution in [2.45, 2.75) is 13.0 Å². The van der Waals surface area contributed by atoms with Gasteiger partial charge in [-0.25, -0.2) is 9.59 Å². The van der Waals surface area contributed by atoms with Crippen molar-refractivity contribution in [2.24, 2.45) is 0 Å². The van der Waals surface area contributed by atoms with E-state index in [1.54, 1.807) is 38.5 Å². The molecule has 0 heterocycles. The molecule has 0 fully saturated rings. The van der Waals surface area contributed by atoms with Crippen molar-refractivity contribution in [2.75, 3.05) is 27.9 Å². The molecule has 0 aliphatic heterocycles. The number of carbonyl (C=O) groups is 2. The number of amides is 2. The minimum atomic E-state index is -0.387. The first-order chi connectivity index (χ1) is 13.1. The predicted molar refractivity (Wildman–Crippen MR) is 101 cm³/mol. The highest BCUT2D eigenvalue weighted by atomic mass is 16.5. The van der Waals surface area contributed by atoms with Crippen LogP contribution in [-0.2, 0) is 17.7 Å². The van der Waals surface area contributed by atoms with Crippen LogP contribution in [0.5, 0.6) is 11.5 Å². The third-order valence-electron chi connectivity index (χ3n) is 3.98. The molecule has 0 spiro atoms.